The molecule has 0 aromatic heterocycles. The molecule has 1 aromatic carbocycles. The molecule has 1 aliphatic carbocycles. The number of benzene rings is 1. The van der Waals surface area contributed by atoms with Crippen molar-refractivity contribution in [2.24, 2.45) is 0 Å². The van der Waals surface area contributed by atoms with Crippen LogP contribution < -0.4 is 5.23 Å². The average molecular weight is 327 g/mol. The van der Waals surface area contributed by atoms with Gasteiger partial charge >= 0.3 is 7.05 Å². The van der Waals surface area contributed by atoms with E-state index in [1.807, 2.05) is 18.2 Å². The number of β-amino-alcohol motifs (C(OH)–C–C–N with tert-alkyl or cyclic N) is 1. The highest BCUT2D eigenvalue weighted by Gasteiger charge is 2.44. The molecule has 1 heterocycles. The summed E-state index contributed by atoms with van der Waals surface area (Å²) >= 11 is 0. The Morgan fingerprint density at radius 1 is 1.29 bits per heavy atom. The Morgan fingerprint density at radius 2 is 1.96 bits per heavy atom. The molecule has 6 heteroatoms. The van der Waals surface area contributed by atoms with Crippen molar-refractivity contribution in [2.45, 2.75) is 50.1 Å². The highest BCUT2D eigenvalue weighted by Crippen LogP contribution is 2.38. The van der Waals surface area contributed by atoms with Crippen LogP contribution in [-0.2, 0) is 0 Å². The van der Waals surface area contributed by atoms with Crippen LogP contribution in [0.5, 0.6) is 0 Å². The van der Waals surface area contributed by atoms with Gasteiger partial charge in [0.2, 0.25) is 0 Å². The van der Waals surface area contributed by atoms with Gasteiger partial charge in [0.25, 0.3) is 0 Å². The minimum Gasteiger partial charge on any atom is -0.437 e. The van der Waals surface area contributed by atoms with Crippen molar-refractivity contribution >= 4 is 7.05 Å². The zero-order valence-corrected chi connectivity index (χ0v) is 14.3. The van der Waals surface area contributed by atoms with E-state index in [4.69, 9.17) is 0 Å². The van der Waals surface area contributed by atoms with E-state index in [1.54, 1.807) is 6.82 Å². The molecule has 1 saturated heterocycles. The SMILES string of the molecule is CB(O)NCC1(O)CN(C2CCC(c3ccccc3C#N)CC2)C1. The minimum atomic E-state index is -0.707. The third-order valence-corrected chi connectivity index (χ3v) is 5.46. The van der Waals surface area contributed by atoms with Crippen LogP contribution >= 0.6 is 0 Å². The molecular formula is C18H26BN3O2. The zero-order chi connectivity index (χ0) is 17.2. The first-order valence-electron chi connectivity index (χ1n) is 8.88. The second-order valence-corrected chi connectivity index (χ2v) is 7.39. The molecule has 0 atom stereocenters. The maximum absolute atomic E-state index is 10.4. The van der Waals surface area contributed by atoms with Gasteiger partial charge in [0.15, 0.2) is 0 Å². The Bertz CT molecular complexity index is 603. The van der Waals surface area contributed by atoms with Crippen molar-refractivity contribution in [2.75, 3.05) is 19.6 Å². The van der Waals surface area contributed by atoms with Crippen LogP contribution in [0.25, 0.3) is 0 Å². The summed E-state index contributed by atoms with van der Waals surface area (Å²) in [6, 6.07) is 10.8. The van der Waals surface area contributed by atoms with Crippen molar-refractivity contribution in [3.63, 3.8) is 0 Å². The normalized spacial score (nSPS) is 26.4. The van der Waals surface area contributed by atoms with Gasteiger partial charge in [-0.15, -0.1) is 0 Å². The van der Waals surface area contributed by atoms with Crippen LogP contribution in [0.4, 0.5) is 0 Å². The third-order valence-electron chi connectivity index (χ3n) is 5.46. The molecule has 5 nitrogen and oxygen atoms in total. The number of nitriles is 1. The highest BCUT2D eigenvalue weighted by atomic mass is 16.3. The largest absolute Gasteiger partial charge is 0.437 e. The van der Waals surface area contributed by atoms with Gasteiger partial charge in [-0.3, -0.25) is 4.90 Å². The second-order valence-electron chi connectivity index (χ2n) is 7.39. The average Bonchev–Trinajstić information content (AvgIpc) is 2.57. The summed E-state index contributed by atoms with van der Waals surface area (Å²) in [4.78, 5) is 2.36. The Hall–Kier alpha value is -1.39. The summed E-state index contributed by atoms with van der Waals surface area (Å²) in [6.45, 7) is 3.46. The first-order valence-corrected chi connectivity index (χ1v) is 8.88. The highest BCUT2D eigenvalue weighted by molar-refractivity contribution is 6.45. The molecule has 0 spiro atoms. The van der Waals surface area contributed by atoms with Crippen molar-refractivity contribution in [3.05, 3.63) is 35.4 Å². The lowest BCUT2D eigenvalue weighted by Gasteiger charge is -2.52. The van der Waals surface area contributed by atoms with Crippen molar-refractivity contribution < 1.29 is 10.1 Å². The topological polar surface area (TPSA) is 79.5 Å². The predicted molar refractivity (Wildman–Crippen MR) is 94.5 cm³/mol. The number of nitrogens with one attached hydrogen (secondary N) is 1. The van der Waals surface area contributed by atoms with E-state index in [0.29, 0.717) is 31.6 Å². The molecule has 3 N–H and O–H groups in total. The molecule has 24 heavy (non-hydrogen) atoms. The maximum atomic E-state index is 10.4. The summed E-state index contributed by atoms with van der Waals surface area (Å²) in [5.74, 6) is 0.481. The van der Waals surface area contributed by atoms with Gasteiger partial charge in [-0.05, 0) is 50.1 Å². The van der Waals surface area contributed by atoms with Gasteiger partial charge in [-0.25, -0.2) is 0 Å². The van der Waals surface area contributed by atoms with E-state index in [0.717, 1.165) is 31.2 Å². The second kappa shape index (κ2) is 7.24. The monoisotopic (exact) mass is 327 g/mol. The zero-order valence-electron chi connectivity index (χ0n) is 14.3. The summed E-state index contributed by atoms with van der Waals surface area (Å²) < 4.78 is 0. The minimum absolute atomic E-state index is 0.437. The molecular weight excluding hydrogens is 301 g/mol. The smallest absolute Gasteiger partial charge is 0.373 e. The first kappa shape index (κ1) is 17.4. The standard InChI is InChI=1S/C18H26BN3O2/c1-19(24)21-11-18(23)12-22(13-18)16-8-6-14(7-9-16)17-5-3-2-4-15(17)10-20/h2-5,14,16,21,23-24H,6-9,11-13H2,1H3. The maximum Gasteiger partial charge on any atom is 0.373 e. The van der Waals surface area contributed by atoms with Gasteiger partial charge in [-0.2, -0.15) is 5.26 Å². The van der Waals surface area contributed by atoms with Crippen molar-refractivity contribution in [1.29, 1.82) is 5.26 Å². The Morgan fingerprint density at radius 3 is 2.58 bits per heavy atom. The van der Waals surface area contributed by atoms with E-state index in [2.05, 4.69) is 22.3 Å². The lowest BCUT2D eigenvalue weighted by molar-refractivity contribution is -0.116. The van der Waals surface area contributed by atoms with Gasteiger partial charge in [0.05, 0.1) is 11.6 Å². The Balaban J connectivity index is 1.49. The molecule has 0 amide bonds. The molecule has 2 aliphatic rings. The van der Waals surface area contributed by atoms with Gasteiger partial charge in [0, 0.05) is 25.7 Å². The summed E-state index contributed by atoms with van der Waals surface area (Å²) in [6.07, 6.45) is 4.43. The fourth-order valence-corrected chi connectivity index (χ4v) is 4.12. The first-order chi connectivity index (χ1) is 11.5. The van der Waals surface area contributed by atoms with E-state index in [-0.39, 0.29) is 0 Å². The summed E-state index contributed by atoms with van der Waals surface area (Å²) in [5, 5.41) is 31.9. The molecule has 128 valence electrons. The third kappa shape index (κ3) is 3.81. The van der Waals surface area contributed by atoms with Crippen LogP contribution in [0.1, 0.15) is 42.7 Å². The molecule has 0 bridgehead atoms. The van der Waals surface area contributed by atoms with E-state index in [1.165, 1.54) is 5.56 Å². The molecule has 0 radical (unpaired) electrons. The van der Waals surface area contributed by atoms with Crippen LogP contribution in [0.3, 0.4) is 0 Å². The van der Waals surface area contributed by atoms with Crippen LogP contribution in [0, 0.1) is 11.3 Å². The number of aliphatic hydroxyl groups is 1. The van der Waals surface area contributed by atoms with Crippen LogP contribution in [0.15, 0.2) is 24.3 Å². The number of likely N-dealkylation sites (tertiary alicyclic amines) is 1. The fraction of sp³-hybridized carbons (Fsp3) is 0.611. The summed E-state index contributed by atoms with van der Waals surface area (Å²) in [7, 11) is -0.585. The number of rotatable bonds is 5. The lowest BCUT2D eigenvalue weighted by Crippen LogP contribution is -2.69. The molecule has 1 aliphatic heterocycles. The van der Waals surface area contributed by atoms with E-state index >= 15 is 0 Å². The quantitative estimate of drug-likeness (QED) is 0.711. The van der Waals surface area contributed by atoms with Gasteiger partial charge in [-0.1, -0.05) is 18.2 Å². The van der Waals surface area contributed by atoms with E-state index < -0.39 is 12.7 Å². The summed E-state index contributed by atoms with van der Waals surface area (Å²) in [5.41, 5.74) is 1.30. The Kier molecular flexibility index (Phi) is 5.26. The molecule has 1 aromatic rings. The number of nitrogens with zero attached hydrogens (tertiary/aromatic N) is 2. The van der Waals surface area contributed by atoms with Gasteiger partial charge in [0.1, 0.15) is 5.60 Å². The van der Waals surface area contributed by atoms with Gasteiger partial charge < -0.3 is 15.4 Å². The predicted octanol–water partition coefficient (Wildman–Crippen LogP) is 1.33. The molecule has 2 fully saturated rings. The Labute approximate surface area is 144 Å². The lowest BCUT2D eigenvalue weighted by atomic mass is 9.77. The van der Waals surface area contributed by atoms with E-state index in [9.17, 15) is 15.4 Å². The molecule has 3 rings (SSSR count). The van der Waals surface area contributed by atoms with Crippen LogP contribution in [0.2, 0.25) is 6.82 Å². The number of hydrogen-bond acceptors (Lipinski definition) is 5. The molecule has 0 unspecified atom stereocenters. The van der Waals surface area contributed by atoms with Crippen molar-refractivity contribution in [3.8, 4) is 6.07 Å². The fourth-order valence-electron chi connectivity index (χ4n) is 4.12. The van der Waals surface area contributed by atoms with Crippen molar-refractivity contribution in [1.82, 2.24) is 10.1 Å². The van der Waals surface area contributed by atoms with Crippen LogP contribution in [-0.4, -0.2) is 53.4 Å². The number of hydrogen-bond donors (Lipinski definition) is 3. The molecule has 1 saturated carbocycles.